The minimum absolute atomic E-state index is 0.426. The van der Waals surface area contributed by atoms with Gasteiger partial charge in [0.15, 0.2) is 0 Å². The predicted molar refractivity (Wildman–Crippen MR) is 176 cm³/mol. The number of rotatable bonds is 28. The highest BCUT2D eigenvalue weighted by Crippen LogP contribution is 2.40. The third-order valence-corrected chi connectivity index (χ3v) is 6.96. The lowest BCUT2D eigenvalue weighted by molar-refractivity contribution is -0.0397. The molecule has 248 valence electrons. The molecule has 0 amide bonds. The summed E-state index contributed by atoms with van der Waals surface area (Å²) in [6.07, 6.45) is 2.24. The second-order valence-corrected chi connectivity index (χ2v) is 10.3. The van der Waals surface area contributed by atoms with Crippen LogP contribution in [0.2, 0.25) is 0 Å². The monoisotopic (exact) mass is 624 g/mol. The maximum absolute atomic E-state index is 6.72. The van der Waals surface area contributed by atoms with Gasteiger partial charge in [-0.15, -0.1) is 0 Å². The van der Waals surface area contributed by atoms with E-state index in [9.17, 15) is 0 Å². The van der Waals surface area contributed by atoms with E-state index in [0.29, 0.717) is 92.5 Å². The zero-order valence-corrected chi connectivity index (χ0v) is 26.9. The average Bonchev–Trinajstić information content (AvgIpc) is 3.09. The summed E-state index contributed by atoms with van der Waals surface area (Å²) < 4.78 is 45.7. The van der Waals surface area contributed by atoms with E-state index in [-0.39, 0.29) is 0 Å². The molecule has 0 fully saturated rings. The summed E-state index contributed by atoms with van der Waals surface area (Å²) in [5.74, 6) is 0. The van der Waals surface area contributed by atoms with E-state index in [1.54, 1.807) is 0 Å². The second kappa shape index (κ2) is 24.6. The van der Waals surface area contributed by atoms with Crippen molar-refractivity contribution in [3.63, 3.8) is 0 Å². The van der Waals surface area contributed by atoms with Gasteiger partial charge < -0.3 is 37.9 Å². The van der Waals surface area contributed by atoms with Crippen LogP contribution in [0.3, 0.4) is 0 Å². The van der Waals surface area contributed by atoms with E-state index in [2.05, 4.69) is 43.3 Å². The Bertz CT molecular complexity index is 971. The average molecular weight is 625 g/mol. The molecule has 0 aromatic heterocycles. The number of hydrogen-bond acceptors (Lipinski definition) is 8. The number of ether oxygens (including phenoxy) is 8. The highest BCUT2D eigenvalue weighted by Gasteiger charge is 2.37. The maximum atomic E-state index is 6.72. The van der Waals surface area contributed by atoms with Crippen molar-refractivity contribution < 1.29 is 37.9 Å². The number of unbranched alkanes of at least 4 members (excludes halogenated alkanes) is 1. The predicted octanol–water partition coefficient (Wildman–Crippen LogP) is 5.91. The van der Waals surface area contributed by atoms with Crippen LogP contribution < -0.4 is 0 Å². The van der Waals surface area contributed by atoms with Crippen molar-refractivity contribution >= 4 is 0 Å². The van der Waals surface area contributed by atoms with Gasteiger partial charge in [0, 0.05) is 6.61 Å². The van der Waals surface area contributed by atoms with Crippen LogP contribution in [-0.2, 0) is 43.5 Å². The van der Waals surface area contributed by atoms with Gasteiger partial charge in [-0.3, -0.25) is 0 Å². The Morgan fingerprint density at radius 3 is 0.911 bits per heavy atom. The Hall–Kier alpha value is -2.66. The van der Waals surface area contributed by atoms with Gasteiger partial charge >= 0.3 is 0 Å². The first-order valence-corrected chi connectivity index (χ1v) is 16.2. The molecule has 3 aromatic carbocycles. The summed E-state index contributed by atoms with van der Waals surface area (Å²) in [6.45, 7) is 10.3. The number of benzene rings is 3. The Morgan fingerprint density at radius 2 is 0.622 bits per heavy atom. The minimum Gasteiger partial charge on any atom is -0.379 e. The van der Waals surface area contributed by atoms with Crippen LogP contribution in [0.4, 0.5) is 0 Å². The smallest absolute Gasteiger partial charge is 0.143 e. The molecule has 8 heteroatoms. The zero-order chi connectivity index (χ0) is 31.5. The minimum atomic E-state index is -0.740. The fourth-order valence-electron chi connectivity index (χ4n) is 4.69. The molecule has 0 N–H and O–H groups in total. The third-order valence-electron chi connectivity index (χ3n) is 6.96. The Labute approximate surface area is 269 Å². The molecule has 8 nitrogen and oxygen atoms in total. The lowest BCUT2D eigenvalue weighted by atomic mass is 9.80. The second-order valence-electron chi connectivity index (χ2n) is 10.3. The van der Waals surface area contributed by atoms with Crippen molar-refractivity contribution in [2.45, 2.75) is 25.4 Å². The quantitative estimate of drug-likeness (QED) is 0.0730. The summed E-state index contributed by atoms with van der Waals surface area (Å²) in [5, 5.41) is 0. The zero-order valence-electron chi connectivity index (χ0n) is 26.9. The van der Waals surface area contributed by atoms with Crippen molar-refractivity contribution in [3.8, 4) is 0 Å². The normalized spacial score (nSPS) is 11.7. The van der Waals surface area contributed by atoms with Crippen molar-refractivity contribution in [2.24, 2.45) is 0 Å². The fraction of sp³-hybridized carbons (Fsp3) is 0.514. The molecule has 3 aromatic rings. The maximum Gasteiger partial charge on any atom is 0.143 e. The van der Waals surface area contributed by atoms with Crippen molar-refractivity contribution in [1.29, 1.82) is 0 Å². The van der Waals surface area contributed by atoms with E-state index in [4.69, 9.17) is 37.9 Å². The van der Waals surface area contributed by atoms with Gasteiger partial charge in [-0.05, 0) is 23.1 Å². The largest absolute Gasteiger partial charge is 0.379 e. The van der Waals surface area contributed by atoms with E-state index < -0.39 is 5.60 Å². The molecule has 0 saturated carbocycles. The molecule has 0 saturated heterocycles. The van der Waals surface area contributed by atoms with E-state index in [0.717, 1.165) is 36.1 Å². The molecule has 0 aliphatic carbocycles. The molecule has 3 rings (SSSR count). The SMILES string of the molecule is CCCCOCCOCCOCCOCCOCCOCCOCCOC(c1ccccc1)(c1ccccc1)c1ccccc1. The van der Waals surface area contributed by atoms with E-state index in [1.165, 1.54) is 0 Å². The molecule has 0 aliphatic rings. The van der Waals surface area contributed by atoms with Gasteiger partial charge in [-0.2, -0.15) is 0 Å². The van der Waals surface area contributed by atoms with Crippen LogP contribution in [0.1, 0.15) is 36.5 Å². The van der Waals surface area contributed by atoms with E-state index in [1.807, 2.05) is 54.6 Å². The molecule has 0 radical (unpaired) electrons. The van der Waals surface area contributed by atoms with Crippen molar-refractivity contribution in [2.75, 3.05) is 99.1 Å². The lowest BCUT2D eigenvalue weighted by Gasteiger charge is -2.36. The summed E-state index contributed by atoms with van der Waals surface area (Å²) in [5.41, 5.74) is 2.48. The summed E-state index contributed by atoms with van der Waals surface area (Å²) in [6, 6.07) is 31.0. The standard InChI is InChI=1S/C37H52O8/c1-2-3-19-38-20-21-39-22-23-40-24-25-41-26-27-42-28-29-43-30-31-44-32-33-45-37(34-13-7-4-8-14-34,35-15-9-5-10-16-35)36-17-11-6-12-18-36/h4-18H,2-3,19-33H2,1H3. The summed E-state index contributed by atoms with van der Waals surface area (Å²) >= 11 is 0. The van der Waals surface area contributed by atoms with Crippen LogP contribution >= 0.6 is 0 Å². The highest BCUT2D eigenvalue weighted by atomic mass is 16.6. The Kier molecular flexibility index (Phi) is 20.1. The summed E-state index contributed by atoms with van der Waals surface area (Å²) in [4.78, 5) is 0. The Morgan fingerprint density at radius 1 is 0.356 bits per heavy atom. The first kappa shape index (κ1) is 36.8. The molecule has 0 aliphatic heterocycles. The lowest BCUT2D eigenvalue weighted by Crippen LogP contribution is -2.34. The van der Waals surface area contributed by atoms with Gasteiger partial charge in [0.05, 0.1) is 92.5 Å². The molecular formula is C37H52O8. The molecular weight excluding hydrogens is 572 g/mol. The third kappa shape index (κ3) is 14.5. The molecule has 45 heavy (non-hydrogen) atoms. The summed E-state index contributed by atoms with van der Waals surface area (Å²) in [7, 11) is 0. The van der Waals surface area contributed by atoms with E-state index >= 15 is 0 Å². The highest BCUT2D eigenvalue weighted by molar-refractivity contribution is 5.47. The van der Waals surface area contributed by atoms with Gasteiger partial charge in [-0.1, -0.05) is 104 Å². The van der Waals surface area contributed by atoms with Gasteiger partial charge in [0.1, 0.15) is 5.60 Å². The Balaban J connectivity index is 1.19. The van der Waals surface area contributed by atoms with Crippen LogP contribution in [0, 0.1) is 0 Å². The van der Waals surface area contributed by atoms with Gasteiger partial charge in [0.25, 0.3) is 0 Å². The first-order chi connectivity index (χ1) is 22.4. The molecule has 0 heterocycles. The van der Waals surface area contributed by atoms with Crippen LogP contribution in [-0.4, -0.2) is 99.1 Å². The molecule has 0 unspecified atom stereocenters. The van der Waals surface area contributed by atoms with Crippen LogP contribution in [0.5, 0.6) is 0 Å². The van der Waals surface area contributed by atoms with Gasteiger partial charge in [-0.25, -0.2) is 0 Å². The van der Waals surface area contributed by atoms with Gasteiger partial charge in [0.2, 0.25) is 0 Å². The molecule has 0 bridgehead atoms. The van der Waals surface area contributed by atoms with Crippen LogP contribution in [0.15, 0.2) is 91.0 Å². The van der Waals surface area contributed by atoms with Crippen molar-refractivity contribution in [1.82, 2.24) is 0 Å². The van der Waals surface area contributed by atoms with Crippen molar-refractivity contribution in [3.05, 3.63) is 108 Å². The number of hydrogen-bond donors (Lipinski definition) is 0. The fourth-order valence-corrected chi connectivity index (χ4v) is 4.69. The van der Waals surface area contributed by atoms with Crippen LogP contribution in [0.25, 0.3) is 0 Å². The topological polar surface area (TPSA) is 73.8 Å². The molecule has 0 spiro atoms. The first-order valence-electron chi connectivity index (χ1n) is 16.2. The molecule has 0 atom stereocenters.